The standard InChI is InChI=1S/C12H15NO3/c1-16-8-4-2-7(3-5-8)11(13)9-6-10(9)12(14)15/h2-5,9-11H,6,13H2,1H3,(H,14,15). The van der Waals surface area contributed by atoms with Crippen LogP contribution in [0.2, 0.25) is 0 Å². The van der Waals surface area contributed by atoms with Crippen molar-refractivity contribution in [3.8, 4) is 5.75 Å². The summed E-state index contributed by atoms with van der Waals surface area (Å²) in [6.45, 7) is 0. The Morgan fingerprint density at radius 2 is 2.12 bits per heavy atom. The molecule has 3 atom stereocenters. The van der Waals surface area contributed by atoms with Crippen LogP contribution < -0.4 is 10.5 Å². The van der Waals surface area contributed by atoms with E-state index in [1.807, 2.05) is 24.3 Å². The van der Waals surface area contributed by atoms with Crippen molar-refractivity contribution in [2.24, 2.45) is 17.6 Å². The number of carbonyl (C=O) groups is 1. The summed E-state index contributed by atoms with van der Waals surface area (Å²) in [6, 6.07) is 7.27. The van der Waals surface area contributed by atoms with Crippen molar-refractivity contribution in [2.75, 3.05) is 7.11 Å². The predicted octanol–water partition coefficient (Wildman–Crippen LogP) is 1.42. The molecular formula is C12H15NO3. The number of methoxy groups -OCH3 is 1. The Hall–Kier alpha value is -1.55. The summed E-state index contributed by atoms with van der Waals surface area (Å²) >= 11 is 0. The van der Waals surface area contributed by atoms with Gasteiger partial charge in [0, 0.05) is 6.04 Å². The van der Waals surface area contributed by atoms with Gasteiger partial charge in [0.25, 0.3) is 0 Å². The lowest BCUT2D eigenvalue weighted by atomic mass is 10.0. The first kappa shape index (κ1) is 11.0. The first-order chi connectivity index (χ1) is 7.63. The Morgan fingerprint density at radius 1 is 1.50 bits per heavy atom. The summed E-state index contributed by atoms with van der Waals surface area (Å²) in [5.41, 5.74) is 6.98. The van der Waals surface area contributed by atoms with Crippen LogP contribution in [-0.2, 0) is 4.79 Å². The van der Waals surface area contributed by atoms with Gasteiger partial charge in [-0.2, -0.15) is 0 Å². The van der Waals surface area contributed by atoms with Crippen molar-refractivity contribution >= 4 is 5.97 Å². The number of ether oxygens (including phenoxy) is 1. The molecule has 1 aliphatic carbocycles. The molecule has 2 rings (SSSR count). The van der Waals surface area contributed by atoms with Gasteiger partial charge in [0.1, 0.15) is 5.75 Å². The average Bonchev–Trinajstić information content (AvgIpc) is 3.08. The maximum absolute atomic E-state index is 10.7. The van der Waals surface area contributed by atoms with E-state index < -0.39 is 5.97 Å². The van der Waals surface area contributed by atoms with Gasteiger partial charge in [0.15, 0.2) is 0 Å². The van der Waals surface area contributed by atoms with E-state index >= 15 is 0 Å². The van der Waals surface area contributed by atoms with Crippen LogP contribution in [0.15, 0.2) is 24.3 Å². The fourth-order valence-corrected chi connectivity index (χ4v) is 1.97. The van der Waals surface area contributed by atoms with E-state index in [9.17, 15) is 4.79 Å². The number of nitrogens with two attached hydrogens (primary N) is 1. The summed E-state index contributed by atoms with van der Waals surface area (Å²) in [6.07, 6.45) is 0.683. The molecular weight excluding hydrogens is 206 g/mol. The molecule has 0 saturated heterocycles. The molecule has 86 valence electrons. The van der Waals surface area contributed by atoms with Crippen molar-refractivity contribution in [3.63, 3.8) is 0 Å². The van der Waals surface area contributed by atoms with Crippen LogP contribution in [0.3, 0.4) is 0 Å². The lowest BCUT2D eigenvalue weighted by molar-refractivity contribution is -0.138. The monoisotopic (exact) mass is 221 g/mol. The van der Waals surface area contributed by atoms with Crippen LogP contribution >= 0.6 is 0 Å². The Morgan fingerprint density at radius 3 is 2.56 bits per heavy atom. The largest absolute Gasteiger partial charge is 0.497 e. The normalized spacial score (nSPS) is 24.9. The third kappa shape index (κ3) is 2.02. The second-order valence-electron chi connectivity index (χ2n) is 4.14. The molecule has 0 heterocycles. The topological polar surface area (TPSA) is 72.5 Å². The van der Waals surface area contributed by atoms with E-state index in [4.69, 9.17) is 15.6 Å². The number of carboxylic acids is 1. The molecule has 4 nitrogen and oxygen atoms in total. The van der Waals surface area contributed by atoms with Gasteiger partial charge in [-0.3, -0.25) is 4.79 Å². The van der Waals surface area contributed by atoms with Crippen molar-refractivity contribution in [1.82, 2.24) is 0 Å². The summed E-state index contributed by atoms with van der Waals surface area (Å²) in [7, 11) is 1.61. The molecule has 3 N–H and O–H groups in total. The lowest BCUT2D eigenvalue weighted by Gasteiger charge is -2.11. The van der Waals surface area contributed by atoms with Crippen LogP contribution in [0, 0.1) is 11.8 Å². The van der Waals surface area contributed by atoms with E-state index in [0.717, 1.165) is 11.3 Å². The molecule has 0 aromatic heterocycles. The van der Waals surface area contributed by atoms with Crippen LogP contribution in [0.4, 0.5) is 0 Å². The van der Waals surface area contributed by atoms with Gasteiger partial charge in [0.05, 0.1) is 13.0 Å². The number of hydrogen-bond acceptors (Lipinski definition) is 3. The summed E-state index contributed by atoms with van der Waals surface area (Å²) in [5, 5.41) is 8.83. The molecule has 1 aromatic carbocycles. The van der Waals surface area contributed by atoms with Crippen LogP contribution in [0.1, 0.15) is 18.0 Å². The molecule has 1 aromatic rings. The highest BCUT2D eigenvalue weighted by atomic mass is 16.5. The number of rotatable bonds is 4. The van der Waals surface area contributed by atoms with Crippen molar-refractivity contribution in [1.29, 1.82) is 0 Å². The third-order valence-electron chi connectivity index (χ3n) is 3.12. The molecule has 3 unspecified atom stereocenters. The molecule has 1 aliphatic rings. The predicted molar refractivity (Wildman–Crippen MR) is 59.2 cm³/mol. The van der Waals surface area contributed by atoms with Gasteiger partial charge in [-0.1, -0.05) is 12.1 Å². The number of hydrogen-bond donors (Lipinski definition) is 2. The summed E-state index contributed by atoms with van der Waals surface area (Å²) in [4.78, 5) is 10.7. The van der Waals surface area contributed by atoms with Gasteiger partial charge >= 0.3 is 5.97 Å². The highest BCUT2D eigenvalue weighted by molar-refractivity contribution is 5.73. The maximum Gasteiger partial charge on any atom is 0.306 e. The fraction of sp³-hybridized carbons (Fsp3) is 0.417. The van der Waals surface area contributed by atoms with Gasteiger partial charge in [-0.15, -0.1) is 0 Å². The van der Waals surface area contributed by atoms with E-state index in [-0.39, 0.29) is 17.9 Å². The number of benzene rings is 1. The molecule has 1 fully saturated rings. The molecule has 0 radical (unpaired) electrons. The lowest BCUT2D eigenvalue weighted by Crippen LogP contribution is -2.15. The highest BCUT2D eigenvalue weighted by Gasteiger charge is 2.47. The minimum absolute atomic E-state index is 0.0749. The van der Waals surface area contributed by atoms with Gasteiger partial charge < -0.3 is 15.6 Å². The second kappa shape index (κ2) is 4.14. The van der Waals surface area contributed by atoms with Crippen molar-refractivity contribution < 1.29 is 14.6 Å². The average molecular weight is 221 g/mol. The Bertz CT molecular complexity index is 388. The molecule has 0 aliphatic heterocycles. The molecule has 16 heavy (non-hydrogen) atoms. The van der Waals surface area contributed by atoms with Gasteiger partial charge in [-0.25, -0.2) is 0 Å². The molecule has 1 saturated carbocycles. The quantitative estimate of drug-likeness (QED) is 0.806. The van der Waals surface area contributed by atoms with E-state index in [2.05, 4.69) is 0 Å². The summed E-state index contributed by atoms with van der Waals surface area (Å²) in [5.74, 6) is -0.154. The van der Waals surface area contributed by atoms with Crippen LogP contribution in [0.5, 0.6) is 5.75 Å². The minimum Gasteiger partial charge on any atom is -0.497 e. The maximum atomic E-state index is 10.7. The van der Waals surface area contributed by atoms with Crippen molar-refractivity contribution in [2.45, 2.75) is 12.5 Å². The zero-order chi connectivity index (χ0) is 11.7. The Balaban J connectivity index is 2.04. The Kier molecular flexibility index (Phi) is 2.83. The first-order valence-electron chi connectivity index (χ1n) is 5.26. The van der Waals surface area contributed by atoms with Crippen LogP contribution in [-0.4, -0.2) is 18.2 Å². The van der Waals surface area contributed by atoms with Gasteiger partial charge in [0.2, 0.25) is 0 Å². The zero-order valence-corrected chi connectivity index (χ0v) is 9.09. The second-order valence-corrected chi connectivity index (χ2v) is 4.14. The van der Waals surface area contributed by atoms with Crippen LogP contribution in [0.25, 0.3) is 0 Å². The Labute approximate surface area is 94.0 Å². The number of carboxylic acid groups (broad SMARTS) is 1. The van der Waals surface area contributed by atoms with E-state index in [0.29, 0.717) is 6.42 Å². The molecule has 0 bridgehead atoms. The van der Waals surface area contributed by atoms with Crippen molar-refractivity contribution in [3.05, 3.63) is 29.8 Å². The smallest absolute Gasteiger partial charge is 0.306 e. The highest BCUT2D eigenvalue weighted by Crippen LogP contribution is 2.46. The van der Waals surface area contributed by atoms with Gasteiger partial charge in [-0.05, 0) is 30.0 Å². The molecule has 0 spiro atoms. The van der Waals surface area contributed by atoms with E-state index in [1.165, 1.54) is 0 Å². The zero-order valence-electron chi connectivity index (χ0n) is 9.09. The number of aliphatic carboxylic acids is 1. The molecule has 4 heteroatoms. The fourth-order valence-electron chi connectivity index (χ4n) is 1.97. The van der Waals surface area contributed by atoms with E-state index in [1.54, 1.807) is 7.11 Å². The third-order valence-corrected chi connectivity index (χ3v) is 3.12. The SMILES string of the molecule is COc1ccc(C(N)C2CC2C(=O)O)cc1. The molecule has 0 amide bonds. The first-order valence-corrected chi connectivity index (χ1v) is 5.26. The summed E-state index contributed by atoms with van der Waals surface area (Å²) < 4.78 is 5.05. The minimum atomic E-state index is -0.742.